The molecule has 0 heterocycles. The van der Waals surface area contributed by atoms with Crippen molar-refractivity contribution < 1.29 is 9.90 Å². The lowest BCUT2D eigenvalue weighted by Gasteiger charge is -2.41. The zero-order chi connectivity index (χ0) is 12.7. The Hall–Kier alpha value is -0.890. The molecule has 0 saturated carbocycles. The molecule has 2 heteroatoms. The Bertz CT molecular complexity index is 401. The lowest BCUT2D eigenvalue weighted by molar-refractivity contribution is -0.113. The van der Waals surface area contributed by atoms with E-state index in [-0.39, 0.29) is 11.7 Å². The summed E-state index contributed by atoms with van der Waals surface area (Å²) in [6.07, 6.45) is 3.24. The van der Waals surface area contributed by atoms with Crippen LogP contribution < -0.4 is 0 Å². The van der Waals surface area contributed by atoms with Crippen LogP contribution in [0.25, 0.3) is 0 Å². The van der Waals surface area contributed by atoms with Gasteiger partial charge >= 0.3 is 0 Å². The van der Waals surface area contributed by atoms with E-state index in [0.717, 1.165) is 24.0 Å². The number of aliphatic hydroxyl groups excluding tert-OH is 1. The van der Waals surface area contributed by atoms with Gasteiger partial charge in [0, 0.05) is 11.5 Å². The van der Waals surface area contributed by atoms with E-state index in [1.165, 1.54) is 5.57 Å². The molecule has 3 unspecified atom stereocenters. The number of aliphatic hydroxyl groups is 1. The minimum Gasteiger partial charge on any atom is -0.388 e. The summed E-state index contributed by atoms with van der Waals surface area (Å²) in [6.45, 7) is 8.28. The predicted molar refractivity (Wildman–Crippen MR) is 68.5 cm³/mol. The SMILES string of the molecule is CC1=CC(=O)C2=C(C)CCC(C(C)C)C2C1O. The van der Waals surface area contributed by atoms with Crippen molar-refractivity contribution in [3.05, 3.63) is 22.8 Å². The quantitative estimate of drug-likeness (QED) is 0.757. The molecule has 2 aliphatic carbocycles. The Kier molecular flexibility index (Phi) is 3.26. The zero-order valence-corrected chi connectivity index (χ0v) is 11.2. The molecule has 0 spiro atoms. The molecule has 0 radical (unpaired) electrons. The first-order valence-corrected chi connectivity index (χ1v) is 6.53. The summed E-state index contributed by atoms with van der Waals surface area (Å²) in [5.41, 5.74) is 2.90. The van der Waals surface area contributed by atoms with E-state index < -0.39 is 6.10 Å². The van der Waals surface area contributed by atoms with Crippen LogP contribution in [0.15, 0.2) is 22.8 Å². The zero-order valence-electron chi connectivity index (χ0n) is 11.2. The summed E-state index contributed by atoms with van der Waals surface area (Å²) in [7, 11) is 0. The number of hydrogen-bond acceptors (Lipinski definition) is 2. The Labute approximate surface area is 103 Å². The van der Waals surface area contributed by atoms with Gasteiger partial charge < -0.3 is 5.11 Å². The van der Waals surface area contributed by atoms with E-state index in [9.17, 15) is 9.90 Å². The van der Waals surface area contributed by atoms with E-state index in [0.29, 0.717) is 11.8 Å². The van der Waals surface area contributed by atoms with E-state index in [1.54, 1.807) is 6.08 Å². The van der Waals surface area contributed by atoms with Crippen molar-refractivity contribution in [3.63, 3.8) is 0 Å². The number of hydrogen-bond donors (Lipinski definition) is 1. The number of allylic oxidation sites excluding steroid dienone is 2. The second kappa shape index (κ2) is 4.41. The third-order valence-electron chi connectivity index (χ3n) is 4.39. The molecule has 17 heavy (non-hydrogen) atoms. The summed E-state index contributed by atoms with van der Waals surface area (Å²) in [5.74, 6) is 1.09. The number of carbonyl (C=O) groups excluding carboxylic acids is 1. The van der Waals surface area contributed by atoms with Crippen molar-refractivity contribution in [2.75, 3.05) is 0 Å². The molecule has 0 aromatic carbocycles. The second-order valence-corrected chi connectivity index (χ2v) is 5.86. The molecule has 2 rings (SSSR count). The van der Waals surface area contributed by atoms with Crippen molar-refractivity contribution in [1.82, 2.24) is 0 Å². The van der Waals surface area contributed by atoms with E-state index in [1.807, 2.05) is 13.8 Å². The smallest absolute Gasteiger partial charge is 0.182 e. The van der Waals surface area contributed by atoms with Gasteiger partial charge in [-0.25, -0.2) is 0 Å². The first-order chi connectivity index (χ1) is 7.93. The van der Waals surface area contributed by atoms with Crippen molar-refractivity contribution >= 4 is 5.78 Å². The Morgan fingerprint density at radius 3 is 2.59 bits per heavy atom. The predicted octanol–water partition coefficient (Wildman–Crippen LogP) is 2.88. The van der Waals surface area contributed by atoms with Crippen LogP contribution in [0.2, 0.25) is 0 Å². The topological polar surface area (TPSA) is 37.3 Å². The molecular weight excluding hydrogens is 212 g/mol. The number of fused-ring (bicyclic) bond motifs is 1. The van der Waals surface area contributed by atoms with Gasteiger partial charge in [0.05, 0.1) is 6.10 Å². The van der Waals surface area contributed by atoms with Gasteiger partial charge in [-0.1, -0.05) is 19.4 Å². The van der Waals surface area contributed by atoms with Crippen LogP contribution in [0.5, 0.6) is 0 Å². The molecule has 1 N–H and O–H groups in total. The second-order valence-electron chi connectivity index (χ2n) is 5.86. The van der Waals surface area contributed by atoms with Gasteiger partial charge in [-0.2, -0.15) is 0 Å². The number of ketones is 1. The Morgan fingerprint density at radius 2 is 2.00 bits per heavy atom. The van der Waals surface area contributed by atoms with Crippen LogP contribution in [0, 0.1) is 17.8 Å². The lowest BCUT2D eigenvalue weighted by atomic mass is 9.64. The van der Waals surface area contributed by atoms with Gasteiger partial charge in [-0.15, -0.1) is 0 Å². The normalized spacial score (nSPS) is 33.9. The monoisotopic (exact) mass is 234 g/mol. The van der Waals surface area contributed by atoms with Crippen molar-refractivity contribution in [3.8, 4) is 0 Å². The lowest BCUT2D eigenvalue weighted by Crippen LogP contribution is -2.41. The van der Waals surface area contributed by atoms with E-state index >= 15 is 0 Å². The molecule has 2 aliphatic rings. The highest BCUT2D eigenvalue weighted by Gasteiger charge is 2.42. The highest BCUT2D eigenvalue weighted by atomic mass is 16.3. The average Bonchev–Trinajstić information content (AvgIpc) is 2.25. The maximum atomic E-state index is 12.1. The number of carbonyl (C=O) groups is 1. The minimum absolute atomic E-state index is 0.0289. The largest absolute Gasteiger partial charge is 0.388 e. The van der Waals surface area contributed by atoms with Gasteiger partial charge in [-0.3, -0.25) is 4.79 Å². The van der Waals surface area contributed by atoms with Gasteiger partial charge in [-0.05, 0) is 50.2 Å². The molecule has 0 amide bonds. The maximum absolute atomic E-state index is 12.1. The van der Waals surface area contributed by atoms with E-state index in [2.05, 4.69) is 13.8 Å². The van der Waals surface area contributed by atoms with Crippen LogP contribution in [-0.2, 0) is 4.79 Å². The average molecular weight is 234 g/mol. The first kappa shape index (κ1) is 12.6. The molecule has 94 valence electrons. The summed E-state index contributed by atoms with van der Waals surface area (Å²) in [5, 5.41) is 10.4. The summed E-state index contributed by atoms with van der Waals surface area (Å²) in [4.78, 5) is 12.1. The van der Waals surface area contributed by atoms with Crippen LogP contribution in [0.4, 0.5) is 0 Å². The molecule has 0 aliphatic heterocycles. The van der Waals surface area contributed by atoms with Crippen LogP contribution in [-0.4, -0.2) is 17.0 Å². The Morgan fingerprint density at radius 1 is 1.35 bits per heavy atom. The van der Waals surface area contributed by atoms with Crippen molar-refractivity contribution in [2.24, 2.45) is 17.8 Å². The molecule has 0 aromatic rings. The Balaban J connectivity index is 2.49. The molecule has 0 saturated heterocycles. The van der Waals surface area contributed by atoms with E-state index in [4.69, 9.17) is 0 Å². The van der Waals surface area contributed by atoms with Crippen molar-refractivity contribution in [1.29, 1.82) is 0 Å². The fourth-order valence-corrected chi connectivity index (χ4v) is 3.36. The van der Waals surface area contributed by atoms with Crippen LogP contribution >= 0.6 is 0 Å². The fraction of sp³-hybridized carbons (Fsp3) is 0.667. The minimum atomic E-state index is -0.467. The maximum Gasteiger partial charge on any atom is 0.182 e. The van der Waals surface area contributed by atoms with Gasteiger partial charge in [0.15, 0.2) is 5.78 Å². The molecule has 3 atom stereocenters. The molecule has 0 fully saturated rings. The molecular formula is C15H22O2. The summed E-state index contributed by atoms with van der Waals surface area (Å²) >= 11 is 0. The van der Waals surface area contributed by atoms with Gasteiger partial charge in [0.1, 0.15) is 0 Å². The molecule has 2 nitrogen and oxygen atoms in total. The van der Waals surface area contributed by atoms with Crippen molar-refractivity contribution in [2.45, 2.75) is 46.6 Å². The summed E-state index contributed by atoms with van der Waals surface area (Å²) < 4.78 is 0. The third-order valence-corrected chi connectivity index (χ3v) is 4.39. The molecule has 0 aromatic heterocycles. The van der Waals surface area contributed by atoms with Gasteiger partial charge in [0.2, 0.25) is 0 Å². The third kappa shape index (κ3) is 1.99. The standard InChI is InChI=1S/C15H22O2/c1-8(2)11-6-5-9(3)13-12(16)7-10(4)15(17)14(11)13/h7-8,11,14-15,17H,5-6H2,1-4H3. The highest BCUT2D eigenvalue weighted by Crippen LogP contribution is 2.44. The highest BCUT2D eigenvalue weighted by molar-refractivity contribution is 6.06. The molecule has 0 bridgehead atoms. The first-order valence-electron chi connectivity index (χ1n) is 6.53. The fourth-order valence-electron chi connectivity index (χ4n) is 3.36. The summed E-state index contributed by atoms with van der Waals surface area (Å²) in [6, 6.07) is 0. The van der Waals surface area contributed by atoms with Crippen LogP contribution in [0.3, 0.4) is 0 Å². The van der Waals surface area contributed by atoms with Gasteiger partial charge in [0.25, 0.3) is 0 Å². The van der Waals surface area contributed by atoms with Crippen LogP contribution in [0.1, 0.15) is 40.5 Å². The number of rotatable bonds is 1.